The fourth-order valence-electron chi connectivity index (χ4n) is 3.48. The number of likely N-dealkylation sites (N-methyl/N-ethyl adjacent to an activating group) is 2. The molecule has 1 N–H and O–H groups in total. The number of hydrogen-bond donors (Lipinski definition) is 1. The number of hydrogen-bond acceptors (Lipinski definition) is 6. The average Bonchev–Trinajstić information content (AvgIpc) is 2.80. The second-order valence-electron chi connectivity index (χ2n) is 7.72. The van der Waals surface area contributed by atoms with E-state index in [4.69, 9.17) is 4.74 Å². The Kier molecular flexibility index (Phi) is 10.9. The number of carbonyl (C=O) groups excluding carboxylic acids is 1. The monoisotopic (exact) mass is 448 g/mol. The number of nitro groups is 1. The maximum absolute atomic E-state index is 12.6. The van der Waals surface area contributed by atoms with E-state index in [9.17, 15) is 14.9 Å². The zero-order valence-electron chi connectivity index (χ0n) is 19.5. The first-order valence-electron chi connectivity index (χ1n) is 11.2. The molecule has 1 amide bonds. The van der Waals surface area contributed by atoms with E-state index in [2.05, 4.69) is 15.2 Å². The highest BCUT2D eigenvalue weighted by atomic mass is 16.6. The van der Waals surface area contributed by atoms with Crippen LogP contribution in [0.25, 0.3) is 0 Å². The lowest BCUT2D eigenvalue weighted by Gasteiger charge is -2.28. The summed E-state index contributed by atoms with van der Waals surface area (Å²) in [5.74, 6) is 0.696. The number of non-ortho nitro benzene ring substituents is 1. The molecule has 0 saturated carbocycles. The predicted molar refractivity (Wildman–Crippen MR) is 125 cm³/mol. The van der Waals surface area contributed by atoms with E-state index >= 15 is 0 Å². The molecule has 2 rings (SSSR count). The van der Waals surface area contributed by atoms with Gasteiger partial charge < -0.3 is 19.9 Å². The summed E-state index contributed by atoms with van der Waals surface area (Å²) in [7, 11) is 1.85. The van der Waals surface area contributed by atoms with E-state index in [0.29, 0.717) is 25.6 Å². The minimum Gasteiger partial charge on any atom is -0.379 e. The number of rotatable bonds is 11. The molecule has 0 aliphatic carbocycles. The molecule has 1 aromatic carbocycles. The lowest BCUT2D eigenvalue weighted by atomic mass is 10.2. The van der Waals surface area contributed by atoms with Crippen molar-refractivity contribution in [1.82, 2.24) is 20.0 Å². The van der Waals surface area contributed by atoms with E-state index < -0.39 is 4.92 Å². The van der Waals surface area contributed by atoms with Gasteiger partial charge in [0.05, 0.1) is 31.2 Å². The Balaban J connectivity index is 1.98. The summed E-state index contributed by atoms with van der Waals surface area (Å²) in [5.41, 5.74) is 0.924. The first kappa shape index (κ1) is 25.5. The van der Waals surface area contributed by atoms with Gasteiger partial charge in [0.25, 0.3) is 5.69 Å². The Morgan fingerprint density at radius 1 is 1.22 bits per heavy atom. The smallest absolute Gasteiger partial charge is 0.269 e. The van der Waals surface area contributed by atoms with E-state index in [1.807, 2.05) is 25.8 Å². The van der Waals surface area contributed by atoms with Gasteiger partial charge in [-0.15, -0.1) is 0 Å². The summed E-state index contributed by atoms with van der Waals surface area (Å²) in [6, 6.07) is 6.37. The highest BCUT2D eigenvalue weighted by molar-refractivity contribution is 5.86. The van der Waals surface area contributed by atoms with Crippen molar-refractivity contribution in [2.45, 2.75) is 26.8 Å². The first-order chi connectivity index (χ1) is 15.4. The quantitative estimate of drug-likeness (QED) is 0.180. The van der Waals surface area contributed by atoms with Crippen LogP contribution in [0.5, 0.6) is 0 Å². The predicted octanol–water partition coefficient (Wildman–Crippen LogP) is 1.56. The van der Waals surface area contributed by atoms with E-state index in [0.717, 1.165) is 51.4 Å². The third kappa shape index (κ3) is 8.43. The summed E-state index contributed by atoms with van der Waals surface area (Å²) in [5, 5.41) is 14.2. The minimum absolute atomic E-state index is 0.0515. The van der Waals surface area contributed by atoms with Gasteiger partial charge in [-0.25, -0.2) is 4.99 Å². The van der Waals surface area contributed by atoms with Crippen molar-refractivity contribution >= 4 is 17.6 Å². The SMILES string of the molecule is CCN(CC)C(=O)CN(C)C(=NCc1ccc([N+](=O)[O-])cc1)NCCCN1CCOCC1. The number of morpholine rings is 1. The zero-order chi connectivity index (χ0) is 23.3. The molecule has 1 aliphatic rings. The third-order valence-electron chi connectivity index (χ3n) is 5.45. The number of nitro benzene ring substituents is 1. The molecule has 1 heterocycles. The van der Waals surface area contributed by atoms with Crippen LogP contribution in [0, 0.1) is 10.1 Å². The summed E-state index contributed by atoms with van der Waals surface area (Å²) in [6.07, 6.45) is 0.953. The van der Waals surface area contributed by atoms with Crippen LogP contribution in [0.1, 0.15) is 25.8 Å². The van der Waals surface area contributed by atoms with Gasteiger partial charge in [-0.05, 0) is 32.4 Å². The number of carbonyl (C=O) groups is 1. The molecule has 0 atom stereocenters. The van der Waals surface area contributed by atoms with Crippen molar-refractivity contribution in [2.24, 2.45) is 4.99 Å². The Morgan fingerprint density at radius 3 is 2.47 bits per heavy atom. The molecule has 0 radical (unpaired) electrons. The molecule has 1 aliphatic heterocycles. The minimum atomic E-state index is -0.416. The standard InChI is InChI=1S/C22H36N6O4/c1-4-27(5-2)21(29)18-25(3)22(23-11-6-12-26-13-15-32-16-14-26)24-17-19-7-9-20(10-8-19)28(30)31/h7-10H,4-6,11-18H2,1-3H3,(H,23,24). The van der Waals surface area contributed by atoms with Crippen LogP contribution in [0.15, 0.2) is 29.3 Å². The molecule has 178 valence electrons. The second-order valence-corrected chi connectivity index (χ2v) is 7.72. The number of guanidine groups is 1. The molecule has 0 bridgehead atoms. The molecule has 0 spiro atoms. The van der Waals surface area contributed by atoms with Gasteiger partial charge in [-0.1, -0.05) is 12.1 Å². The molecule has 0 aromatic heterocycles. The number of nitrogens with one attached hydrogen (secondary N) is 1. The molecular weight excluding hydrogens is 412 g/mol. The molecule has 1 aromatic rings. The first-order valence-corrected chi connectivity index (χ1v) is 11.2. The lowest BCUT2D eigenvalue weighted by Crippen LogP contribution is -2.46. The van der Waals surface area contributed by atoms with Crippen LogP contribution in [-0.2, 0) is 16.1 Å². The van der Waals surface area contributed by atoms with Gasteiger partial charge in [0.2, 0.25) is 5.91 Å². The Labute approximate surface area is 190 Å². The van der Waals surface area contributed by atoms with Crippen molar-refractivity contribution in [1.29, 1.82) is 0 Å². The van der Waals surface area contributed by atoms with Crippen LogP contribution >= 0.6 is 0 Å². The summed E-state index contributed by atoms with van der Waals surface area (Å²) in [6.45, 7) is 11.1. The van der Waals surface area contributed by atoms with Crippen molar-refractivity contribution < 1.29 is 14.5 Å². The van der Waals surface area contributed by atoms with Crippen LogP contribution in [0.2, 0.25) is 0 Å². The highest BCUT2D eigenvalue weighted by Gasteiger charge is 2.16. The number of benzene rings is 1. The maximum Gasteiger partial charge on any atom is 0.269 e. The van der Waals surface area contributed by atoms with Crippen LogP contribution in [-0.4, -0.2) is 97.6 Å². The van der Waals surface area contributed by atoms with Gasteiger partial charge in [-0.2, -0.15) is 0 Å². The summed E-state index contributed by atoms with van der Waals surface area (Å²) in [4.78, 5) is 33.7. The Hall–Kier alpha value is -2.72. The van der Waals surface area contributed by atoms with Gasteiger partial charge in [0.15, 0.2) is 5.96 Å². The fraction of sp³-hybridized carbons (Fsp3) is 0.636. The fourth-order valence-corrected chi connectivity index (χ4v) is 3.48. The second kappa shape index (κ2) is 13.6. The molecule has 10 nitrogen and oxygen atoms in total. The topological polar surface area (TPSA) is 104 Å². The summed E-state index contributed by atoms with van der Waals surface area (Å²) < 4.78 is 5.39. The summed E-state index contributed by atoms with van der Waals surface area (Å²) >= 11 is 0. The van der Waals surface area contributed by atoms with Gasteiger partial charge in [0, 0.05) is 51.9 Å². The van der Waals surface area contributed by atoms with Crippen molar-refractivity contribution in [3.05, 3.63) is 39.9 Å². The molecule has 1 saturated heterocycles. The van der Waals surface area contributed by atoms with Crippen molar-refractivity contribution in [3.8, 4) is 0 Å². The highest BCUT2D eigenvalue weighted by Crippen LogP contribution is 2.12. The molecule has 10 heteroatoms. The number of ether oxygens (including phenoxy) is 1. The van der Waals surface area contributed by atoms with Crippen LogP contribution < -0.4 is 5.32 Å². The zero-order valence-corrected chi connectivity index (χ0v) is 19.5. The third-order valence-corrected chi connectivity index (χ3v) is 5.45. The average molecular weight is 449 g/mol. The maximum atomic E-state index is 12.6. The number of nitrogens with zero attached hydrogens (tertiary/aromatic N) is 5. The Bertz CT molecular complexity index is 745. The van der Waals surface area contributed by atoms with Gasteiger partial charge in [-0.3, -0.25) is 19.8 Å². The molecule has 32 heavy (non-hydrogen) atoms. The normalized spacial score (nSPS) is 14.8. The van der Waals surface area contributed by atoms with Crippen LogP contribution in [0.3, 0.4) is 0 Å². The molecular formula is C22H36N6O4. The van der Waals surface area contributed by atoms with Gasteiger partial charge >= 0.3 is 0 Å². The lowest BCUT2D eigenvalue weighted by molar-refractivity contribution is -0.384. The van der Waals surface area contributed by atoms with Gasteiger partial charge in [0.1, 0.15) is 0 Å². The van der Waals surface area contributed by atoms with E-state index in [1.54, 1.807) is 17.0 Å². The molecule has 1 fully saturated rings. The van der Waals surface area contributed by atoms with Crippen molar-refractivity contribution in [3.63, 3.8) is 0 Å². The largest absolute Gasteiger partial charge is 0.379 e. The van der Waals surface area contributed by atoms with Crippen molar-refractivity contribution in [2.75, 3.05) is 66.1 Å². The van der Waals surface area contributed by atoms with E-state index in [1.165, 1.54) is 12.1 Å². The molecule has 0 unspecified atom stereocenters. The Morgan fingerprint density at radius 2 is 1.88 bits per heavy atom. The number of amides is 1. The van der Waals surface area contributed by atoms with Crippen LogP contribution in [0.4, 0.5) is 5.69 Å². The van der Waals surface area contributed by atoms with E-state index in [-0.39, 0.29) is 18.1 Å². The number of aliphatic imine (C=N–C) groups is 1.